The van der Waals surface area contributed by atoms with Crippen LogP contribution in [0.2, 0.25) is 5.02 Å². The third-order valence-electron chi connectivity index (χ3n) is 5.00. The van der Waals surface area contributed by atoms with Crippen LogP contribution in [-0.4, -0.2) is 38.8 Å². The summed E-state index contributed by atoms with van der Waals surface area (Å²) >= 11 is 6.11. The minimum atomic E-state index is -0.884. The molecule has 1 aliphatic rings. The number of halogens is 1. The molecule has 156 valence electrons. The van der Waals surface area contributed by atoms with Crippen molar-refractivity contribution in [2.24, 2.45) is 0 Å². The Bertz CT molecular complexity index is 1170. The minimum absolute atomic E-state index is 0.0758. The smallest absolute Gasteiger partial charge is 0.296 e. The number of likely N-dealkylation sites (tertiary alicyclic amines) is 1. The molecule has 31 heavy (non-hydrogen) atoms. The third kappa shape index (κ3) is 3.87. The Labute approximate surface area is 183 Å². The molecule has 1 N–H and O–H groups in total. The summed E-state index contributed by atoms with van der Waals surface area (Å²) in [5, 5.41) is 11.5. The first-order chi connectivity index (χ1) is 15.0. The van der Waals surface area contributed by atoms with Gasteiger partial charge in [0.25, 0.3) is 11.7 Å². The van der Waals surface area contributed by atoms with E-state index in [0.717, 1.165) is 5.56 Å². The van der Waals surface area contributed by atoms with Gasteiger partial charge in [0, 0.05) is 30.2 Å². The highest BCUT2D eigenvalue weighted by atomic mass is 35.5. The molecule has 2 aromatic heterocycles. The molecule has 1 aromatic carbocycles. The van der Waals surface area contributed by atoms with Gasteiger partial charge in [0.15, 0.2) is 0 Å². The number of amides is 1. The van der Waals surface area contributed by atoms with Gasteiger partial charge >= 0.3 is 0 Å². The van der Waals surface area contributed by atoms with Crippen LogP contribution < -0.4 is 4.74 Å². The van der Waals surface area contributed by atoms with Crippen LogP contribution in [0.15, 0.2) is 72.7 Å². The molecule has 7 nitrogen and oxygen atoms in total. The fraction of sp³-hybridized carbons (Fsp3) is 0.130. The van der Waals surface area contributed by atoms with Crippen LogP contribution in [0.5, 0.6) is 5.75 Å². The maximum absolute atomic E-state index is 13.1. The number of pyridine rings is 2. The number of aromatic nitrogens is 2. The fourth-order valence-corrected chi connectivity index (χ4v) is 3.76. The molecule has 0 saturated carbocycles. The molecule has 0 spiro atoms. The van der Waals surface area contributed by atoms with E-state index in [0.29, 0.717) is 16.5 Å². The summed E-state index contributed by atoms with van der Waals surface area (Å²) in [4.78, 5) is 35.8. The third-order valence-corrected chi connectivity index (χ3v) is 5.24. The van der Waals surface area contributed by atoms with Crippen LogP contribution in [0.3, 0.4) is 0 Å². The predicted octanol–water partition coefficient (Wildman–Crippen LogP) is 3.76. The second kappa shape index (κ2) is 8.57. The van der Waals surface area contributed by atoms with Crippen LogP contribution in [0.1, 0.15) is 22.9 Å². The second-order valence-corrected chi connectivity index (χ2v) is 7.32. The lowest BCUT2D eigenvalue weighted by molar-refractivity contribution is -0.140. The molecule has 0 bridgehead atoms. The number of hydrogen-bond acceptors (Lipinski definition) is 6. The average molecular weight is 436 g/mol. The van der Waals surface area contributed by atoms with Gasteiger partial charge in [-0.05, 0) is 42.0 Å². The number of ether oxygens (including phenoxy) is 1. The van der Waals surface area contributed by atoms with Gasteiger partial charge in [0.05, 0.1) is 23.9 Å². The number of carbonyl (C=O) groups excluding carboxylic acids is 2. The van der Waals surface area contributed by atoms with E-state index >= 15 is 0 Å². The molecule has 3 heterocycles. The Kier molecular flexibility index (Phi) is 5.68. The highest BCUT2D eigenvalue weighted by Gasteiger charge is 2.47. The van der Waals surface area contributed by atoms with Gasteiger partial charge in [-0.1, -0.05) is 23.7 Å². The Morgan fingerprint density at radius 2 is 2.00 bits per heavy atom. The zero-order chi connectivity index (χ0) is 22.0. The number of rotatable bonds is 5. The average Bonchev–Trinajstić information content (AvgIpc) is 3.04. The van der Waals surface area contributed by atoms with Crippen molar-refractivity contribution < 1.29 is 19.4 Å². The van der Waals surface area contributed by atoms with Gasteiger partial charge in [-0.25, -0.2) is 0 Å². The van der Waals surface area contributed by atoms with Crippen molar-refractivity contribution in [3.8, 4) is 5.75 Å². The van der Waals surface area contributed by atoms with Crippen molar-refractivity contribution >= 4 is 29.1 Å². The molecule has 1 atom stereocenters. The monoisotopic (exact) mass is 435 g/mol. The number of ketones is 1. The van der Waals surface area contributed by atoms with Crippen molar-refractivity contribution in [1.29, 1.82) is 0 Å². The molecule has 1 amide bonds. The first-order valence-electron chi connectivity index (χ1n) is 9.43. The van der Waals surface area contributed by atoms with Crippen LogP contribution in [0, 0.1) is 0 Å². The number of benzene rings is 1. The van der Waals surface area contributed by atoms with Gasteiger partial charge in [-0.15, -0.1) is 0 Å². The minimum Gasteiger partial charge on any atom is -0.507 e. The van der Waals surface area contributed by atoms with E-state index in [1.165, 1.54) is 18.1 Å². The highest BCUT2D eigenvalue weighted by molar-refractivity contribution is 6.46. The number of hydrogen-bond donors (Lipinski definition) is 1. The van der Waals surface area contributed by atoms with Gasteiger partial charge in [-0.2, -0.15) is 0 Å². The predicted molar refractivity (Wildman–Crippen MR) is 114 cm³/mol. The topological polar surface area (TPSA) is 92.6 Å². The van der Waals surface area contributed by atoms with Crippen molar-refractivity contribution in [1.82, 2.24) is 14.9 Å². The van der Waals surface area contributed by atoms with Crippen molar-refractivity contribution in [2.45, 2.75) is 12.6 Å². The standard InChI is InChI=1S/C23H18ClN3O4/c1-31-18-8-7-15(24)11-16(18)21(28)19-20(17-6-2-3-10-26-17)27(23(30)22(19)29)13-14-5-4-9-25-12-14/h2-12,20,28H,13H2,1H3/b21-19+/t20-/m1/s1. The molecule has 0 unspecified atom stereocenters. The summed E-state index contributed by atoms with van der Waals surface area (Å²) in [5.41, 5.74) is 1.34. The van der Waals surface area contributed by atoms with E-state index in [4.69, 9.17) is 16.3 Å². The summed E-state index contributed by atoms with van der Waals surface area (Å²) in [6.07, 6.45) is 4.81. The number of aliphatic hydroxyl groups excluding tert-OH is 1. The number of carbonyl (C=O) groups is 2. The second-order valence-electron chi connectivity index (χ2n) is 6.89. The number of methoxy groups -OCH3 is 1. The van der Waals surface area contributed by atoms with Crippen LogP contribution in [0.4, 0.5) is 0 Å². The molecule has 0 radical (unpaired) electrons. The summed E-state index contributed by atoms with van der Waals surface area (Å²) in [7, 11) is 1.44. The van der Waals surface area contributed by atoms with Crippen molar-refractivity contribution in [3.63, 3.8) is 0 Å². The highest BCUT2D eigenvalue weighted by Crippen LogP contribution is 2.41. The number of nitrogens with zero attached hydrogens (tertiary/aromatic N) is 3. The first-order valence-corrected chi connectivity index (χ1v) is 9.81. The Morgan fingerprint density at radius 1 is 1.16 bits per heavy atom. The van der Waals surface area contributed by atoms with E-state index in [-0.39, 0.29) is 23.4 Å². The molecule has 8 heteroatoms. The maximum Gasteiger partial charge on any atom is 0.296 e. The fourth-order valence-electron chi connectivity index (χ4n) is 3.59. The molecule has 1 aliphatic heterocycles. The number of aliphatic hydroxyl groups is 1. The van der Waals surface area contributed by atoms with Gasteiger partial charge < -0.3 is 14.7 Å². The lowest BCUT2D eigenvalue weighted by Gasteiger charge is -2.24. The summed E-state index contributed by atoms with van der Waals surface area (Å²) in [6.45, 7) is 0.128. The molecule has 0 aliphatic carbocycles. The Balaban J connectivity index is 1.90. The summed E-state index contributed by atoms with van der Waals surface area (Å²) in [5.74, 6) is -1.59. The van der Waals surface area contributed by atoms with Gasteiger partial charge in [0.2, 0.25) is 0 Å². The zero-order valence-electron chi connectivity index (χ0n) is 16.5. The SMILES string of the molecule is COc1ccc(Cl)cc1/C(O)=C1\C(=O)C(=O)N(Cc2cccnc2)[C@@H]1c1ccccn1. The first kappa shape index (κ1) is 20.6. The van der Waals surface area contributed by atoms with E-state index in [9.17, 15) is 14.7 Å². The molecule has 4 rings (SSSR count). The van der Waals surface area contributed by atoms with E-state index in [2.05, 4.69) is 9.97 Å². The van der Waals surface area contributed by atoms with Gasteiger partial charge in [0.1, 0.15) is 17.6 Å². The molecular formula is C23H18ClN3O4. The maximum atomic E-state index is 13.1. The summed E-state index contributed by atoms with van der Waals surface area (Å²) in [6, 6.07) is 12.5. The molecular weight excluding hydrogens is 418 g/mol. The van der Waals surface area contributed by atoms with Gasteiger partial charge in [-0.3, -0.25) is 19.6 Å². The van der Waals surface area contributed by atoms with E-state index in [1.807, 2.05) is 6.07 Å². The Hall–Kier alpha value is -3.71. The van der Waals surface area contributed by atoms with E-state index < -0.39 is 17.7 Å². The molecule has 1 fully saturated rings. The number of Topliss-reactive ketones (excluding diaryl/α,β-unsaturated/α-hetero) is 1. The molecule has 3 aromatic rings. The van der Waals surface area contributed by atoms with Crippen molar-refractivity contribution in [3.05, 3.63) is 94.5 Å². The van der Waals surface area contributed by atoms with Crippen LogP contribution in [-0.2, 0) is 16.1 Å². The quantitative estimate of drug-likeness (QED) is 0.372. The lowest BCUT2D eigenvalue weighted by Crippen LogP contribution is -2.29. The normalized spacial score (nSPS) is 17.7. The molecule has 1 saturated heterocycles. The Morgan fingerprint density at radius 3 is 2.68 bits per heavy atom. The van der Waals surface area contributed by atoms with E-state index in [1.54, 1.807) is 55.0 Å². The summed E-state index contributed by atoms with van der Waals surface area (Å²) < 4.78 is 5.32. The van der Waals surface area contributed by atoms with Crippen molar-refractivity contribution in [2.75, 3.05) is 7.11 Å². The zero-order valence-corrected chi connectivity index (χ0v) is 17.3. The lowest BCUT2D eigenvalue weighted by atomic mass is 9.97. The van der Waals surface area contributed by atoms with Crippen LogP contribution >= 0.6 is 11.6 Å². The largest absolute Gasteiger partial charge is 0.507 e. The van der Waals surface area contributed by atoms with Crippen LogP contribution in [0.25, 0.3) is 5.76 Å².